The first-order valence-corrected chi connectivity index (χ1v) is 7.41. The van der Waals surface area contributed by atoms with Crippen molar-refractivity contribution in [1.82, 2.24) is 9.80 Å². The Hall–Kier alpha value is -1.08. The highest BCUT2D eigenvalue weighted by Gasteiger charge is 2.32. The summed E-state index contributed by atoms with van der Waals surface area (Å²) in [5.41, 5.74) is 0. The molecule has 1 rings (SSSR count). The summed E-state index contributed by atoms with van der Waals surface area (Å²) in [7, 11) is 1.98. The molecule has 3 unspecified atom stereocenters. The van der Waals surface area contributed by atoms with Gasteiger partial charge in [-0.25, -0.2) is 0 Å². The molecule has 0 aromatic heterocycles. The van der Waals surface area contributed by atoms with E-state index in [0.717, 1.165) is 32.4 Å². The molecule has 0 saturated heterocycles. The highest BCUT2D eigenvalue weighted by molar-refractivity contribution is 5.78. The van der Waals surface area contributed by atoms with Gasteiger partial charge in [-0.2, -0.15) is 5.26 Å². The molecule has 4 heteroatoms. The fourth-order valence-corrected chi connectivity index (χ4v) is 3.00. The standard InChI is InChI=1S/C15H27N3O/c1-5-18(6-2)15(19)11-17(4)14-9-12(3)7-8-13(14)10-16/h12-14H,5-9,11H2,1-4H3. The Morgan fingerprint density at radius 3 is 2.47 bits per heavy atom. The second kappa shape index (κ2) is 7.49. The van der Waals surface area contributed by atoms with Gasteiger partial charge in [0.1, 0.15) is 0 Å². The predicted molar refractivity (Wildman–Crippen MR) is 76.5 cm³/mol. The molecule has 3 atom stereocenters. The Balaban J connectivity index is 2.62. The maximum atomic E-state index is 12.1. The smallest absolute Gasteiger partial charge is 0.236 e. The average Bonchev–Trinajstić information content (AvgIpc) is 2.40. The van der Waals surface area contributed by atoms with Crippen LogP contribution in [-0.2, 0) is 4.79 Å². The maximum absolute atomic E-state index is 12.1. The zero-order chi connectivity index (χ0) is 14.4. The van der Waals surface area contributed by atoms with Crippen molar-refractivity contribution in [2.75, 3.05) is 26.7 Å². The van der Waals surface area contributed by atoms with Crippen molar-refractivity contribution in [2.24, 2.45) is 11.8 Å². The summed E-state index contributed by atoms with van der Waals surface area (Å²) in [6.07, 6.45) is 3.12. The zero-order valence-electron chi connectivity index (χ0n) is 12.7. The summed E-state index contributed by atoms with van der Waals surface area (Å²) in [5, 5.41) is 9.26. The number of nitrogens with zero attached hydrogens (tertiary/aromatic N) is 3. The highest BCUT2D eigenvalue weighted by atomic mass is 16.2. The van der Waals surface area contributed by atoms with Crippen LogP contribution in [0.25, 0.3) is 0 Å². The van der Waals surface area contributed by atoms with Crippen molar-refractivity contribution < 1.29 is 4.79 Å². The molecule has 0 spiro atoms. The molecule has 1 aliphatic rings. The molecule has 0 bridgehead atoms. The second-order valence-corrected chi connectivity index (χ2v) is 5.70. The molecule has 0 radical (unpaired) electrons. The average molecular weight is 265 g/mol. The minimum absolute atomic E-state index is 0.0747. The Morgan fingerprint density at radius 1 is 1.32 bits per heavy atom. The van der Waals surface area contributed by atoms with Gasteiger partial charge in [-0.3, -0.25) is 9.69 Å². The van der Waals surface area contributed by atoms with E-state index in [-0.39, 0.29) is 17.9 Å². The molecule has 108 valence electrons. The van der Waals surface area contributed by atoms with E-state index < -0.39 is 0 Å². The van der Waals surface area contributed by atoms with Crippen LogP contribution in [0.15, 0.2) is 0 Å². The minimum atomic E-state index is 0.0747. The zero-order valence-corrected chi connectivity index (χ0v) is 12.7. The number of amides is 1. The van der Waals surface area contributed by atoms with Crippen LogP contribution in [0, 0.1) is 23.2 Å². The Labute approximate surface area is 117 Å². The number of nitriles is 1. The molecule has 1 saturated carbocycles. The molecular weight excluding hydrogens is 238 g/mol. The lowest BCUT2D eigenvalue weighted by molar-refractivity contribution is -0.132. The molecule has 1 amide bonds. The molecule has 0 aromatic carbocycles. The lowest BCUT2D eigenvalue weighted by Crippen LogP contribution is -2.47. The van der Waals surface area contributed by atoms with E-state index in [4.69, 9.17) is 0 Å². The van der Waals surface area contributed by atoms with Crippen molar-refractivity contribution in [2.45, 2.75) is 46.1 Å². The van der Waals surface area contributed by atoms with Crippen LogP contribution in [0.5, 0.6) is 0 Å². The van der Waals surface area contributed by atoms with Gasteiger partial charge in [0.2, 0.25) is 5.91 Å². The van der Waals surface area contributed by atoms with Crippen molar-refractivity contribution in [1.29, 1.82) is 5.26 Å². The van der Waals surface area contributed by atoms with Gasteiger partial charge in [0.25, 0.3) is 0 Å². The number of carbonyl (C=O) groups excluding carboxylic acids is 1. The molecule has 19 heavy (non-hydrogen) atoms. The van der Waals surface area contributed by atoms with E-state index in [0.29, 0.717) is 12.5 Å². The SMILES string of the molecule is CCN(CC)C(=O)CN(C)C1CC(C)CCC1C#N. The first-order chi connectivity index (χ1) is 9.03. The number of carbonyl (C=O) groups is 1. The van der Waals surface area contributed by atoms with E-state index in [2.05, 4.69) is 17.9 Å². The number of likely N-dealkylation sites (N-methyl/N-ethyl adjacent to an activating group) is 2. The van der Waals surface area contributed by atoms with Gasteiger partial charge in [0.05, 0.1) is 18.5 Å². The number of rotatable bonds is 5. The van der Waals surface area contributed by atoms with E-state index in [9.17, 15) is 10.1 Å². The van der Waals surface area contributed by atoms with E-state index in [1.54, 1.807) is 0 Å². The summed E-state index contributed by atoms with van der Waals surface area (Å²) < 4.78 is 0. The summed E-state index contributed by atoms with van der Waals surface area (Å²) in [4.78, 5) is 16.1. The Kier molecular flexibility index (Phi) is 6.30. The van der Waals surface area contributed by atoms with Gasteiger partial charge in [0, 0.05) is 19.1 Å². The molecule has 4 nitrogen and oxygen atoms in total. The summed E-state index contributed by atoms with van der Waals surface area (Å²) in [5.74, 6) is 0.897. The number of hydrogen-bond acceptors (Lipinski definition) is 3. The van der Waals surface area contributed by atoms with E-state index in [1.807, 2.05) is 25.8 Å². The monoisotopic (exact) mass is 265 g/mol. The van der Waals surface area contributed by atoms with E-state index in [1.165, 1.54) is 0 Å². The highest BCUT2D eigenvalue weighted by Crippen LogP contribution is 2.31. The first-order valence-electron chi connectivity index (χ1n) is 7.41. The third-order valence-corrected chi connectivity index (χ3v) is 4.31. The Bertz CT molecular complexity index is 333. The van der Waals surface area contributed by atoms with Gasteiger partial charge in [-0.15, -0.1) is 0 Å². The van der Waals surface area contributed by atoms with Crippen molar-refractivity contribution >= 4 is 5.91 Å². The largest absolute Gasteiger partial charge is 0.342 e. The molecule has 0 N–H and O–H groups in total. The van der Waals surface area contributed by atoms with Crippen molar-refractivity contribution in [3.8, 4) is 6.07 Å². The van der Waals surface area contributed by atoms with Crippen molar-refractivity contribution in [3.63, 3.8) is 0 Å². The topological polar surface area (TPSA) is 47.3 Å². The van der Waals surface area contributed by atoms with Crippen LogP contribution < -0.4 is 0 Å². The molecular formula is C15H27N3O. The number of hydrogen-bond donors (Lipinski definition) is 0. The van der Waals surface area contributed by atoms with Gasteiger partial charge in [0.15, 0.2) is 0 Å². The maximum Gasteiger partial charge on any atom is 0.236 e. The van der Waals surface area contributed by atoms with E-state index >= 15 is 0 Å². The van der Waals surface area contributed by atoms with Gasteiger partial charge < -0.3 is 4.90 Å². The van der Waals surface area contributed by atoms with Crippen LogP contribution in [-0.4, -0.2) is 48.4 Å². The van der Waals surface area contributed by atoms with Crippen LogP contribution in [0.3, 0.4) is 0 Å². The van der Waals surface area contributed by atoms with Crippen molar-refractivity contribution in [3.05, 3.63) is 0 Å². The summed E-state index contributed by atoms with van der Waals surface area (Å²) >= 11 is 0. The molecule has 0 aromatic rings. The minimum Gasteiger partial charge on any atom is -0.342 e. The van der Waals surface area contributed by atoms with Crippen LogP contribution in [0.1, 0.15) is 40.0 Å². The third-order valence-electron chi connectivity index (χ3n) is 4.31. The molecule has 1 aliphatic carbocycles. The fraction of sp³-hybridized carbons (Fsp3) is 0.867. The van der Waals surface area contributed by atoms with Gasteiger partial charge in [-0.05, 0) is 46.1 Å². The lowest BCUT2D eigenvalue weighted by atomic mass is 9.79. The predicted octanol–water partition coefficient (Wildman–Crippen LogP) is 2.11. The normalized spacial score (nSPS) is 27.1. The molecule has 1 fully saturated rings. The van der Waals surface area contributed by atoms with Gasteiger partial charge >= 0.3 is 0 Å². The van der Waals surface area contributed by atoms with Crippen LogP contribution in [0.4, 0.5) is 0 Å². The van der Waals surface area contributed by atoms with Crippen LogP contribution >= 0.6 is 0 Å². The summed E-state index contributed by atoms with van der Waals surface area (Å²) in [6.45, 7) is 8.18. The third kappa shape index (κ3) is 4.21. The Morgan fingerprint density at radius 2 is 1.95 bits per heavy atom. The second-order valence-electron chi connectivity index (χ2n) is 5.70. The first kappa shape index (κ1) is 16.0. The molecule has 0 aliphatic heterocycles. The lowest BCUT2D eigenvalue weighted by Gasteiger charge is -2.37. The van der Waals surface area contributed by atoms with Gasteiger partial charge in [-0.1, -0.05) is 6.92 Å². The summed E-state index contributed by atoms with van der Waals surface area (Å²) in [6, 6.07) is 2.65. The van der Waals surface area contributed by atoms with Crippen LogP contribution in [0.2, 0.25) is 0 Å². The quantitative estimate of drug-likeness (QED) is 0.765. The fourth-order valence-electron chi connectivity index (χ4n) is 3.00. The molecule has 0 heterocycles.